The summed E-state index contributed by atoms with van der Waals surface area (Å²) in [6.45, 7) is 3.62. The molecule has 0 aliphatic carbocycles. The maximum Gasteiger partial charge on any atom is 0.242 e. The molecule has 0 amide bonds. The molecular formula is C11H18FN3O2S. The Morgan fingerprint density at radius 1 is 1.44 bits per heavy atom. The fourth-order valence-electron chi connectivity index (χ4n) is 1.35. The van der Waals surface area contributed by atoms with E-state index in [4.69, 9.17) is 5.73 Å². The van der Waals surface area contributed by atoms with Crippen LogP contribution in [0.15, 0.2) is 23.1 Å². The number of nitrogen functional groups attached to an aromatic ring is 1. The summed E-state index contributed by atoms with van der Waals surface area (Å²) in [6, 6.07) is 3.28. The number of hydrogen-bond acceptors (Lipinski definition) is 4. The molecule has 0 aromatic heterocycles. The summed E-state index contributed by atoms with van der Waals surface area (Å²) in [5.41, 5.74) is 5.57. The molecule has 0 saturated heterocycles. The molecule has 0 heterocycles. The van der Waals surface area contributed by atoms with Crippen molar-refractivity contribution in [3.8, 4) is 0 Å². The molecule has 0 bridgehead atoms. The van der Waals surface area contributed by atoms with Crippen molar-refractivity contribution in [2.75, 3.05) is 32.4 Å². The number of halogens is 1. The molecule has 0 radical (unpaired) electrons. The van der Waals surface area contributed by atoms with E-state index in [2.05, 4.69) is 4.72 Å². The molecule has 1 aromatic carbocycles. The summed E-state index contributed by atoms with van der Waals surface area (Å²) in [5, 5.41) is 0. The lowest BCUT2D eigenvalue weighted by atomic mass is 10.3. The van der Waals surface area contributed by atoms with Gasteiger partial charge in [-0.15, -0.1) is 0 Å². The second-order valence-corrected chi connectivity index (χ2v) is 5.71. The Bertz CT molecular complexity index is 505. The van der Waals surface area contributed by atoms with E-state index < -0.39 is 15.8 Å². The predicted octanol–water partition coefficient (Wildman–Crippen LogP) is 0.638. The second-order valence-electron chi connectivity index (χ2n) is 3.98. The van der Waals surface area contributed by atoms with Crippen molar-refractivity contribution in [1.29, 1.82) is 0 Å². The van der Waals surface area contributed by atoms with Gasteiger partial charge in [-0.05, 0) is 31.8 Å². The molecule has 1 rings (SSSR count). The van der Waals surface area contributed by atoms with Gasteiger partial charge in [-0.1, -0.05) is 6.92 Å². The van der Waals surface area contributed by atoms with Crippen molar-refractivity contribution in [3.05, 3.63) is 24.0 Å². The van der Waals surface area contributed by atoms with Crippen LogP contribution in [0.2, 0.25) is 0 Å². The normalized spacial score (nSPS) is 12.0. The third-order valence-electron chi connectivity index (χ3n) is 2.59. The van der Waals surface area contributed by atoms with Gasteiger partial charge in [0.05, 0.1) is 5.69 Å². The highest BCUT2D eigenvalue weighted by atomic mass is 32.2. The van der Waals surface area contributed by atoms with Crippen LogP contribution in [-0.4, -0.2) is 40.0 Å². The number of benzene rings is 1. The second kappa shape index (κ2) is 6.12. The largest absolute Gasteiger partial charge is 0.398 e. The molecule has 5 nitrogen and oxygen atoms in total. The van der Waals surface area contributed by atoms with Crippen LogP contribution in [0, 0.1) is 5.82 Å². The van der Waals surface area contributed by atoms with Crippen LogP contribution < -0.4 is 10.5 Å². The van der Waals surface area contributed by atoms with Crippen LogP contribution in [0.3, 0.4) is 0 Å². The van der Waals surface area contributed by atoms with Crippen molar-refractivity contribution in [3.63, 3.8) is 0 Å². The monoisotopic (exact) mass is 275 g/mol. The minimum atomic E-state index is -3.76. The van der Waals surface area contributed by atoms with E-state index in [1.54, 1.807) is 0 Å². The zero-order chi connectivity index (χ0) is 13.8. The molecule has 0 spiro atoms. The zero-order valence-electron chi connectivity index (χ0n) is 10.5. The Balaban J connectivity index is 2.77. The summed E-state index contributed by atoms with van der Waals surface area (Å²) in [6.07, 6.45) is 0. The third kappa shape index (κ3) is 3.94. The van der Waals surface area contributed by atoms with E-state index in [0.717, 1.165) is 18.7 Å². The Hall–Kier alpha value is -1.18. The van der Waals surface area contributed by atoms with E-state index in [0.29, 0.717) is 6.54 Å². The highest BCUT2D eigenvalue weighted by Crippen LogP contribution is 2.18. The average Bonchev–Trinajstić information content (AvgIpc) is 2.31. The van der Waals surface area contributed by atoms with Gasteiger partial charge in [0.2, 0.25) is 10.0 Å². The quantitative estimate of drug-likeness (QED) is 0.747. The minimum Gasteiger partial charge on any atom is -0.398 e. The lowest BCUT2D eigenvalue weighted by Gasteiger charge is -2.14. The van der Waals surface area contributed by atoms with Crippen molar-refractivity contribution in [1.82, 2.24) is 9.62 Å². The number of nitrogens with two attached hydrogens (primary N) is 1. The first-order valence-corrected chi connectivity index (χ1v) is 7.08. The van der Waals surface area contributed by atoms with E-state index in [-0.39, 0.29) is 17.1 Å². The lowest BCUT2D eigenvalue weighted by molar-refractivity contribution is 0.358. The van der Waals surface area contributed by atoms with Crippen molar-refractivity contribution in [2.45, 2.75) is 11.8 Å². The molecule has 7 heteroatoms. The summed E-state index contributed by atoms with van der Waals surface area (Å²) < 4.78 is 39.2. The van der Waals surface area contributed by atoms with E-state index in [9.17, 15) is 12.8 Å². The van der Waals surface area contributed by atoms with Crippen LogP contribution in [0.5, 0.6) is 0 Å². The van der Waals surface area contributed by atoms with Crippen LogP contribution in [0.1, 0.15) is 6.92 Å². The van der Waals surface area contributed by atoms with Gasteiger partial charge in [0.25, 0.3) is 0 Å². The highest BCUT2D eigenvalue weighted by Gasteiger charge is 2.17. The van der Waals surface area contributed by atoms with Crippen LogP contribution >= 0.6 is 0 Å². The van der Waals surface area contributed by atoms with E-state index in [1.807, 2.05) is 18.9 Å². The topological polar surface area (TPSA) is 75.4 Å². The Morgan fingerprint density at radius 2 is 2.11 bits per heavy atom. The maximum atomic E-state index is 13.0. The smallest absolute Gasteiger partial charge is 0.242 e. The first-order valence-electron chi connectivity index (χ1n) is 5.60. The molecule has 0 unspecified atom stereocenters. The highest BCUT2D eigenvalue weighted by molar-refractivity contribution is 7.89. The number of likely N-dealkylation sites (N-methyl/N-ethyl adjacent to an activating group) is 1. The SMILES string of the molecule is CCN(C)CCNS(=O)(=O)c1cc(F)ccc1N. The summed E-state index contributed by atoms with van der Waals surface area (Å²) >= 11 is 0. The van der Waals surface area contributed by atoms with Gasteiger partial charge in [-0.25, -0.2) is 17.5 Å². The first-order chi connectivity index (χ1) is 8.36. The van der Waals surface area contributed by atoms with Crippen molar-refractivity contribution < 1.29 is 12.8 Å². The van der Waals surface area contributed by atoms with Gasteiger partial charge in [0.15, 0.2) is 0 Å². The summed E-state index contributed by atoms with van der Waals surface area (Å²) in [4.78, 5) is 1.74. The van der Waals surface area contributed by atoms with Gasteiger partial charge in [-0.3, -0.25) is 0 Å². The van der Waals surface area contributed by atoms with E-state index >= 15 is 0 Å². The number of sulfonamides is 1. The first kappa shape index (κ1) is 14.9. The van der Waals surface area contributed by atoms with Gasteiger partial charge in [0, 0.05) is 13.1 Å². The van der Waals surface area contributed by atoms with Gasteiger partial charge in [0.1, 0.15) is 10.7 Å². The molecule has 18 heavy (non-hydrogen) atoms. The predicted molar refractivity (Wildman–Crippen MR) is 69.2 cm³/mol. The Morgan fingerprint density at radius 3 is 2.72 bits per heavy atom. The number of rotatable bonds is 6. The maximum absolute atomic E-state index is 13.0. The number of nitrogens with one attached hydrogen (secondary N) is 1. The molecule has 0 saturated carbocycles. The molecule has 102 valence electrons. The molecule has 0 atom stereocenters. The number of hydrogen-bond donors (Lipinski definition) is 2. The molecular weight excluding hydrogens is 257 g/mol. The fourth-order valence-corrected chi connectivity index (χ4v) is 2.51. The minimum absolute atomic E-state index is 0.0350. The van der Waals surface area contributed by atoms with Crippen molar-refractivity contribution >= 4 is 15.7 Å². The molecule has 0 aliphatic heterocycles. The van der Waals surface area contributed by atoms with Crippen molar-refractivity contribution in [2.24, 2.45) is 0 Å². The standard InChI is InChI=1S/C11H18FN3O2S/c1-3-15(2)7-6-14-18(16,17)11-8-9(12)4-5-10(11)13/h4-5,8,14H,3,6-7,13H2,1-2H3. The van der Waals surface area contributed by atoms with Gasteiger partial charge >= 0.3 is 0 Å². The van der Waals surface area contributed by atoms with Crippen LogP contribution in [-0.2, 0) is 10.0 Å². The Kier molecular flexibility index (Phi) is 5.06. The molecule has 0 fully saturated rings. The number of nitrogens with zero attached hydrogens (tertiary/aromatic N) is 1. The molecule has 1 aromatic rings. The van der Waals surface area contributed by atoms with E-state index in [1.165, 1.54) is 6.07 Å². The van der Waals surface area contributed by atoms with Crippen LogP contribution in [0.4, 0.5) is 10.1 Å². The van der Waals surface area contributed by atoms with Gasteiger partial charge < -0.3 is 10.6 Å². The average molecular weight is 275 g/mol. The van der Waals surface area contributed by atoms with Gasteiger partial charge in [-0.2, -0.15) is 0 Å². The third-order valence-corrected chi connectivity index (χ3v) is 4.11. The lowest BCUT2D eigenvalue weighted by Crippen LogP contribution is -2.33. The zero-order valence-corrected chi connectivity index (χ0v) is 11.3. The van der Waals surface area contributed by atoms with Crippen LogP contribution in [0.25, 0.3) is 0 Å². The fraction of sp³-hybridized carbons (Fsp3) is 0.455. The number of anilines is 1. The molecule has 3 N–H and O–H groups in total. The Labute approximate surface area is 107 Å². The summed E-state index contributed by atoms with van der Waals surface area (Å²) in [5.74, 6) is -0.629. The summed E-state index contributed by atoms with van der Waals surface area (Å²) in [7, 11) is -1.88. The molecule has 0 aliphatic rings.